The lowest BCUT2D eigenvalue weighted by atomic mass is 10.1. The topological polar surface area (TPSA) is 61.5 Å². The molecule has 25 heavy (non-hydrogen) atoms. The van der Waals surface area contributed by atoms with Gasteiger partial charge >= 0.3 is 0 Å². The molecule has 0 saturated carbocycles. The monoisotopic (exact) mass is 332 g/mol. The van der Waals surface area contributed by atoms with E-state index in [1.165, 1.54) is 6.33 Å². The van der Waals surface area contributed by atoms with Crippen molar-refractivity contribution in [2.75, 3.05) is 14.2 Å². The largest absolute Gasteiger partial charge is 0.493 e. The quantitative estimate of drug-likeness (QED) is 0.572. The minimum Gasteiger partial charge on any atom is -0.493 e. The predicted molar refractivity (Wildman–Crippen MR) is 94.8 cm³/mol. The van der Waals surface area contributed by atoms with Gasteiger partial charge in [-0.2, -0.15) is 14.6 Å². The van der Waals surface area contributed by atoms with Gasteiger partial charge in [-0.05, 0) is 24.3 Å². The van der Waals surface area contributed by atoms with E-state index in [4.69, 9.17) is 9.47 Å². The molecule has 0 bridgehead atoms. The number of fused-ring (bicyclic) bond motifs is 1. The van der Waals surface area contributed by atoms with Crippen LogP contribution >= 0.6 is 0 Å². The molecule has 0 saturated heterocycles. The first-order valence-corrected chi connectivity index (χ1v) is 7.79. The molecule has 124 valence electrons. The van der Waals surface area contributed by atoms with Gasteiger partial charge in [-0.1, -0.05) is 30.3 Å². The van der Waals surface area contributed by atoms with E-state index in [-0.39, 0.29) is 0 Å². The summed E-state index contributed by atoms with van der Waals surface area (Å²) < 4.78 is 12.5. The maximum Gasteiger partial charge on any atom is 0.253 e. The van der Waals surface area contributed by atoms with E-state index in [0.29, 0.717) is 17.3 Å². The normalized spacial score (nSPS) is 10.8. The Morgan fingerprint density at radius 2 is 1.64 bits per heavy atom. The van der Waals surface area contributed by atoms with Crippen LogP contribution in [0.2, 0.25) is 0 Å². The van der Waals surface area contributed by atoms with E-state index in [0.717, 1.165) is 22.5 Å². The molecular weight excluding hydrogens is 316 g/mol. The van der Waals surface area contributed by atoms with E-state index in [2.05, 4.69) is 15.1 Å². The Kier molecular flexibility index (Phi) is 3.78. The Morgan fingerprint density at radius 1 is 0.840 bits per heavy atom. The van der Waals surface area contributed by atoms with Crippen molar-refractivity contribution in [3.8, 4) is 34.0 Å². The van der Waals surface area contributed by atoms with E-state index in [1.54, 1.807) is 18.7 Å². The van der Waals surface area contributed by atoms with Gasteiger partial charge < -0.3 is 9.47 Å². The van der Waals surface area contributed by atoms with E-state index in [1.807, 2.05) is 54.6 Å². The van der Waals surface area contributed by atoms with Gasteiger partial charge in [0, 0.05) is 11.1 Å². The lowest BCUT2D eigenvalue weighted by Crippen LogP contribution is -1.99. The molecule has 0 radical (unpaired) electrons. The Bertz CT molecular complexity index is 1030. The second kappa shape index (κ2) is 6.24. The van der Waals surface area contributed by atoms with Crippen molar-refractivity contribution in [2.45, 2.75) is 0 Å². The second-order valence-electron chi connectivity index (χ2n) is 5.43. The highest BCUT2D eigenvalue weighted by Gasteiger charge is 2.13. The molecule has 0 atom stereocenters. The first-order chi connectivity index (χ1) is 12.3. The van der Waals surface area contributed by atoms with Crippen LogP contribution in [0, 0.1) is 0 Å². The van der Waals surface area contributed by atoms with Crippen molar-refractivity contribution in [1.29, 1.82) is 0 Å². The van der Waals surface area contributed by atoms with Gasteiger partial charge in [0.2, 0.25) is 0 Å². The highest BCUT2D eigenvalue weighted by Crippen LogP contribution is 2.33. The van der Waals surface area contributed by atoms with Crippen molar-refractivity contribution >= 4 is 5.78 Å². The number of hydrogen-bond donors (Lipinski definition) is 0. The summed E-state index contributed by atoms with van der Waals surface area (Å²) in [7, 11) is 3.24. The number of ether oxygens (including phenoxy) is 2. The molecule has 0 aliphatic rings. The van der Waals surface area contributed by atoms with Crippen LogP contribution in [0.15, 0.2) is 60.9 Å². The zero-order valence-corrected chi connectivity index (χ0v) is 13.9. The molecule has 0 aliphatic carbocycles. The maximum absolute atomic E-state index is 5.42. The summed E-state index contributed by atoms with van der Waals surface area (Å²) in [6.07, 6.45) is 1.50. The number of aromatic nitrogens is 4. The lowest BCUT2D eigenvalue weighted by molar-refractivity contribution is 0.355. The van der Waals surface area contributed by atoms with Crippen LogP contribution in [-0.2, 0) is 0 Å². The maximum atomic E-state index is 5.42. The number of rotatable bonds is 4. The number of hydrogen-bond acceptors (Lipinski definition) is 5. The molecule has 2 heterocycles. The molecule has 4 rings (SSSR count). The van der Waals surface area contributed by atoms with Gasteiger partial charge in [-0.25, -0.2) is 4.98 Å². The van der Waals surface area contributed by atoms with Crippen molar-refractivity contribution in [1.82, 2.24) is 19.6 Å². The Balaban J connectivity index is 1.93. The third-order valence-electron chi connectivity index (χ3n) is 4.00. The minimum absolute atomic E-state index is 0.547. The summed E-state index contributed by atoms with van der Waals surface area (Å²) >= 11 is 0. The Hall–Kier alpha value is -3.41. The fourth-order valence-corrected chi connectivity index (χ4v) is 2.77. The molecular formula is C19H16N4O2. The zero-order valence-electron chi connectivity index (χ0n) is 13.9. The first kappa shape index (κ1) is 15.1. The molecule has 4 aromatic rings. The standard InChI is InChI=1S/C19H16N4O2/c1-24-17-9-8-14(10-18(17)25-2)16-11-15(13-6-4-3-5-7-13)22-19-20-12-21-23(16)19/h3-12H,1-2H3. The SMILES string of the molecule is COc1ccc(-c2cc(-c3ccccc3)nc3ncnn23)cc1OC. The average molecular weight is 332 g/mol. The van der Waals surface area contributed by atoms with E-state index in [9.17, 15) is 0 Å². The molecule has 2 aromatic carbocycles. The average Bonchev–Trinajstić information content (AvgIpc) is 3.16. The number of benzene rings is 2. The molecule has 0 unspecified atom stereocenters. The third kappa shape index (κ3) is 2.67. The summed E-state index contributed by atoms with van der Waals surface area (Å²) in [6.45, 7) is 0. The third-order valence-corrected chi connectivity index (χ3v) is 4.00. The van der Waals surface area contributed by atoms with Crippen LogP contribution in [0.3, 0.4) is 0 Å². The van der Waals surface area contributed by atoms with Crippen LogP contribution in [0.4, 0.5) is 0 Å². The van der Waals surface area contributed by atoms with Crippen LogP contribution in [0.5, 0.6) is 11.5 Å². The van der Waals surface area contributed by atoms with Gasteiger partial charge in [0.1, 0.15) is 6.33 Å². The molecule has 0 aliphatic heterocycles. The zero-order chi connectivity index (χ0) is 17.2. The smallest absolute Gasteiger partial charge is 0.253 e. The summed E-state index contributed by atoms with van der Waals surface area (Å²) in [4.78, 5) is 8.85. The summed E-state index contributed by atoms with van der Waals surface area (Å²) in [5.74, 6) is 1.89. The predicted octanol–water partition coefficient (Wildman–Crippen LogP) is 3.48. The van der Waals surface area contributed by atoms with Gasteiger partial charge in [0.05, 0.1) is 25.6 Å². The molecule has 6 nitrogen and oxygen atoms in total. The first-order valence-electron chi connectivity index (χ1n) is 7.79. The fraction of sp³-hybridized carbons (Fsp3) is 0.105. The van der Waals surface area contributed by atoms with Gasteiger partial charge in [0.15, 0.2) is 11.5 Å². The van der Waals surface area contributed by atoms with Crippen LogP contribution < -0.4 is 9.47 Å². The van der Waals surface area contributed by atoms with Gasteiger partial charge in [-0.3, -0.25) is 0 Å². The highest BCUT2D eigenvalue weighted by atomic mass is 16.5. The minimum atomic E-state index is 0.547. The van der Waals surface area contributed by atoms with Crippen molar-refractivity contribution in [3.63, 3.8) is 0 Å². The molecule has 6 heteroatoms. The van der Waals surface area contributed by atoms with Crippen molar-refractivity contribution in [2.24, 2.45) is 0 Å². The molecule has 0 amide bonds. The number of nitrogens with zero attached hydrogens (tertiary/aromatic N) is 4. The molecule has 0 N–H and O–H groups in total. The Labute approximate surface area is 144 Å². The highest BCUT2D eigenvalue weighted by molar-refractivity contribution is 5.72. The van der Waals surface area contributed by atoms with Crippen LogP contribution in [-0.4, -0.2) is 33.8 Å². The summed E-state index contributed by atoms with van der Waals surface area (Å²) in [5.41, 5.74) is 3.68. The van der Waals surface area contributed by atoms with Crippen molar-refractivity contribution < 1.29 is 9.47 Å². The molecule has 0 fully saturated rings. The van der Waals surface area contributed by atoms with Gasteiger partial charge in [0.25, 0.3) is 5.78 Å². The fourth-order valence-electron chi connectivity index (χ4n) is 2.77. The van der Waals surface area contributed by atoms with E-state index < -0.39 is 0 Å². The Morgan fingerprint density at radius 3 is 2.40 bits per heavy atom. The molecule has 0 spiro atoms. The molecule has 2 aromatic heterocycles. The van der Waals surface area contributed by atoms with Crippen LogP contribution in [0.1, 0.15) is 0 Å². The number of methoxy groups -OCH3 is 2. The summed E-state index contributed by atoms with van der Waals surface area (Å²) in [5, 5.41) is 4.30. The van der Waals surface area contributed by atoms with Crippen molar-refractivity contribution in [3.05, 3.63) is 60.9 Å². The summed E-state index contributed by atoms with van der Waals surface area (Å²) in [6, 6.07) is 17.8. The van der Waals surface area contributed by atoms with Crippen LogP contribution in [0.25, 0.3) is 28.3 Å². The van der Waals surface area contributed by atoms with Gasteiger partial charge in [-0.15, -0.1) is 0 Å². The lowest BCUT2D eigenvalue weighted by Gasteiger charge is -2.11. The second-order valence-corrected chi connectivity index (χ2v) is 5.43. The van der Waals surface area contributed by atoms with E-state index >= 15 is 0 Å².